The van der Waals surface area contributed by atoms with Crippen LogP contribution in [0.1, 0.15) is 19.3 Å². The average Bonchev–Trinajstić information content (AvgIpc) is 1.63. The van der Waals surface area contributed by atoms with E-state index in [1.807, 2.05) is 6.07 Å². The van der Waals surface area contributed by atoms with E-state index in [9.17, 15) is 0 Å². The van der Waals surface area contributed by atoms with Gasteiger partial charge in [-0.25, -0.2) is 0 Å². The summed E-state index contributed by atoms with van der Waals surface area (Å²) in [5, 5.41) is 8.06. The van der Waals surface area contributed by atoms with Crippen LogP contribution in [0.2, 0.25) is 0 Å². The molecule has 0 spiro atoms. The summed E-state index contributed by atoms with van der Waals surface area (Å²) in [6.45, 7) is 0.269. The lowest BCUT2D eigenvalue weighted by molar-refractivity contribution is 0.0211. The highest BCUT2D eigenvalue weighted by atomic mass is 16.5. The van der Waals surface area contributed by atoms with Gasteiger partial charge in [0.15, 0.2) is 0 Å². The summed E-state index contributed by atoms with van der Waals surface area (Å²) < 4.78 is 5.07. The van der Waals surface area contributed by atoms with Crippen molar-refractivity contribution in [3.8, 4) is 6.07 Å². The Kier molecular flexibility index (Phi) is 1.87. The van der Waals surface area contributed by atoms with Crippen LogP contribution in [0.5, 0.6) is 0 Å². The average molecular weight is 111 g/mol. The zero-order valence-electron chi connectivity index (χ0n) is 4.76. The van der Waals surface area contributed by atoms with Crippen molar-refractivity contribution in [1.82, 2.24) is 0 Å². The van der Waals surface area contributed by atoms with Crippen molar-refractivity contribution in [3.63, 3.8) is 0 Å². The molecule has 1 fully saturated rings. The second kappa shape index (κ2) is 2.68. The van der Waals surface area contributed by atoms with Gasteiger partial charge in [-0.05, 0) is 19.3 Å². The second-order valence-corrected chi connectivity index (χ2v) is 2.02. The van der Waals surface area contributed by atoms with Gasteiger partial charge in [0.2, 0.25) is 0 Å². The smallest absolute Gasteiger partial charge is 0.134 e. The molecule has 2 nitrogen and oxygen atoms in total. The molecule has 0 bridgehead atoms. The number of rotatable bonds is 2. The quantitative estimate of drug-likeness (QED) is 0.534. The normalized spacial score (nSPS) is 19.4. The van der Waals surface area contributed by atoms with E-state index in [1.54, 1.807) is 0 Å². The number of nitriles is 1. The van der Waals surface area contributed by atoms with Crippen LogP contribution in [0.4, 0.5) is 0 Å². The van der Waals surface area contributed by atoms with Crippen LogP contribution < -0.4 is 0 Å². The van der Waals surface area contributed by atoms with Gasteiger partial charge in [0.25, 0.3) is 0 Å². The number of hydrogen-bond acceptors (Lipinski definition) is 2. The minimum atomic E-state index is 0.269. The monoisotopic (exact) mass is 111 g/mol. The minimum absolute atomic E-state index is 0.269. The van der Waals surface area contributed by atoms with Gasteiger partial charge in [0, 0.05) is 0 Å². The zero-order chi connectivity index (χ0) is 5.82. The number of nitrogens with zero attached hydrogens (tertiary/aromatic N) is 1. The first-order valence-corrected chi connectivity index (χ1v) is 2.92. The van der Waals surface area contributed by atoms with Gasteiger partial charge in [0.1, 0.15) is 6.61 Å². The molecule has 2 heteroatoms. The van der Waals surface area contributed by atoms with Gasteiger partial charge in [0.05, 0.1) is 12.2 Å². The highest BCUT2D eigenvalue weighted by molar-refractivity contribution is 4.74. The Labute approximate surface area is 49.1 Å². The van der Waals surface area contributed by atoms with E-state index in [2.05, 4.69) is 0 Å². The molecule has 0 aromatic heterocycles. The second-order valence-electron chi connectivity index (χ2n) is 2.02. The SMILES string of the molecule is N#CCOC1CCC1. The van der Waals surface area contributed by atoms with Crippen LogP contribution >= 0.6 is 0 Å². The van der Waals surface area contributed by atoms with Gasteiger partial charge in [-0.2, -0.15) is 5.26 Å². The molecule has 44 valence electrons. The Bertz CT molecular complexity index is 102. The van der Waals surface area contributed by atoms with Crippen molar-refractivity contribution in [2.75, 3.05) is 6.61 Å². The van der Waals surface area contributed by atoms with Crippen molar-refractivity contribution >= 4 is 0 Å². The Balaban J connectivity index is 1.95. The molecule has 8 heavy (non-hydrogen) atoms. The molecule has 1 aliphatic carbocycles. The maximum atomic E-state index is 8.06. The minimum Gasteiger partial charge on any atom is -0.363 e. The Morgan fingerprint density at radius 3 is 2.75 bits per heavy atom. The molecule has 0 amide bonds. The topological polar surface area (TPSA) is 33.0 Å². The third-order valence-corrected chi connectivity index (χ3v) is 1.44. The predicted molar refractivity (Wildman–Crippen MR) is 29.2 cm³/mol. The van der Waals surface area contributed by atoms with Gasteiger partial charge >= 0.3 is 0 Å². The molecule has 1 aliphatic rings. The lowest BCUT2D eigenvalue weighted by Gasteiger charge is -2.23. The third kappa shape index (κ3) is 1.21. The highest BCUT2D eigenvalue weighted by Crippen LogP contribution is 2.21. The fraction of sp³-hybridized carbons (Fsp3) is 0.833. The zero-order valence-corrected chi connectivity index (χ0v) is 4.76. The maximum absolute atomic E-state index is 8.06. The van der Waals surface area contributed by atoms with Crippen molar-refractivity contribution in [2.45, 2.75) is 25.4 Å². The van der Waals surface area contributed by atoms with Crippen molar-refractivity contribution in [2.24, 2.45) is 0 Å². The lowest BCUT2D eigenvalue weighted by Crippen LogP contribution is -2.21. The summed E-state index contributed by atoms with van der Waals surface area (Å²) in [6.07, 6.45) is 3.99. The van der Waals surface area contributed by atoms with Crippen LogP contribution in [0.3, 0.4) is 0 Å². The van der Waals surface area contributed by atoms with Crippen LogP contribution in [0.25, 0.3) is 0 Å². The first-order chi connectivity index (χ1) is 3.93. The van der Waals surface area contributed by atoms with E-state index in [0.717, 1.165) is 12.8 Å². The summed E-state index contributed by atoms with van der Waals surface area (Å²) in [7, 11) is 0. The Morgan fingerprint density at radius 2 is 2.38 bits per heavy atom. The van der Waals surface area contributed by atoms with Gasteiger partial charge in [-0.15, -0.1) is 0 Å². The molecule has 0 aliphatic heterocycles. The first-order valence-electron chi connectivity index (χ1n) is 2.92. The molecule has 0 atom stereocenters. The van der Waals surface area contributed by atoms with E-state index in [1.165, 1.54) is 6.42 Å². The van der Waals surface area contributed by atoms with E-state index in [0.29, 0.717) is 6.10 Å². The maximum Gasteiger partial charge on any atom is 0.134 e. The highest BCUT2D eigenvalue weighted by Gasteiger charge is 2.16. The third-order valence-electron chi connectivity index (χ3n) is 1.44. The van der Waals surface area contributed by atoms with Crippen molar-refractivity contribution in [1.29, 1.82) is 5.26 Å². The van der Waals surface area contributed by atoms with E-state index < -0.39 is 0 Å². The van der Waals surface area contributed by atoms with Gasteiger partial charge in [-0.3, -0.25) is 0 Å². The molecule has 1 rings (SSSR count). The molecule has 0 aromatic rings. The Morgan fingerprint density at radius 1 is 1.62 bits per heavy atom. The molecule has 0 aromatic carbocycles. The van der Waals surface area contributed by atoms with Gasteiger partial charge < -0.3 is 4.74 Å². The Hall–Kier alpha value is -0.550. The number of hydrogen-bond donors (Lipinski definition) is 0. The predicted octanol–water partition coefficient (Wildman–Crippen LogP) is 1.08. The van der Waals surface area contributed by atoms with Crippen molar-refractivity contribution < 1.29 is 4.74 Å². The lowest BCUT2D eigenvalue weighted by atomic mass is 9.96. The van der Waals surface area contributed by atoms with Crippen LogP contribution in [0, 0.1) is 11.3 Å². The molecule has 0 saturated heterocycles. The molecule has 0 radical (unpaired) electrons. The summed E-state index contributed by atoms with van der Waals surface area (Å²) in [6, 6.07) is 1.94. The standard InChI is InChI=1S/C6H9NO/c7-4-5-8-6-2-1-3-6/h6H,1-3,5H2. The van der Waals surface area contributed by atoms with Crippen LogP contribution in [-0.4, -0.2) is 12.7 Å². The summed E-state index contributed by atoms with van der Waals surface area (Å²) in [5.41, 5.74) is 0. The number of ether oxygens (including phenoxy) is 1. The first kappa shape index (κ1) is 5.58. The molecular formula is C6H9NO. The molecule has 0 unspecified atom stereocenters. The molecular weight excluding hydrogens is 102 g/mol. The summed E-state index contributed by atoms with van der Waals surface area (Å²) in [4.78, 5) is 0. The molecule has 0 heterocycles. The fourth-order valence-electron chi connectivity index (χ4n) is 0.693. The fourth-order valence-corrected chi connectivity index (χ4v) is 0.693. The molecule has 0 N–H and O–H groups in total. The largest absolute Gasteiger partial charge is 0.363 e. The van der Waals surface area contributed by atoms with Crippen LogP contribution in [0.15, 0.2) is 0 Å². The van der Waals surface area contributed by atoms with Crippen molar-refractivity contribution in [3.05, 3.63) is 0 Å². The molecule has 1 saturated carbocycles. The van der Waals surface area contributed by atoms with Crippen LogP contribution in [-0.2, 0) is 4.74 Å². The van der Waals surface area contributed by atoms with E-state index >= 15 is 0 Å². The summed E-state index contributed by atoms with van der Waals surface area (Å²) >= 11 is 0. The summed E-state index contributed by atoms with van der Waals surface area (Å²) in [5.74, 6) is 0. The van der Waals surface area contributed by atoms with Gasteiger partial charge in [-0.1, -0.05) is 0 Å². The van der Waals surface area contributed by atoms with E-state index in [4.69, 9.17) is 10.00 Å². The van der Waals surface area contributed by atoms with E-state index in [-0.39, 0.29) is 6.61 Å².